The van der Waals surface area contributed by atoms with E-state index in [0.29, 0.717) is 10.9 Å². The molecule has 0 saturated carbocycles. The molecule has 2 aromatic carbocycles. The number of benzene rings is 2. The molecule has 0 saturated heterocycles. The molecule has 0 aliphatic carbocycles. The molecule has 0 radical (unpaired) electrons. The molecule has 72 valence electrons. The summed E-state index contributed by atoms with van der Waals surface area (Å²) in [5.74, 6) is 0. The SMILES string of the molecule is O=c1[nH]nnc2cc3ccccc3cc12. The van der Waals surface area contributed by atoms with Crippen molar-refractivity contribution >= 4 is 21.7 Å². The van der Waals surface area contributed by atoms with Gasteiger partial charge < -0.3 is 0 Å². The summed E-state index contributed by atoms with van der Waals surface area (Å²) in [5, 5.41) is 12.4. The first-order valence-electron chi connectivity index (χ1n) is 4.58. The molecule has 0 spiro atoms. The summed E-state index contributed by atoms with van der Waals surface area (Å²) in [6.07, 6.45) is 0. The molecule has 4 heteroatoms. The van der Waals surface area contributed by atoms with Crippen LogP contribution in [0.4, 0.5) is 0 Å². The van der Waals surface area contributed by atoms with Gasteiger partial charge in [-0.05, 0) is 22.9 Å². The highest BCUT2D eigenvalue weighted by Crippen LogP contribution is 2.17. The Morgan fingerprint density at radius 1 is 1.07 bits per heavy atom. The number of hydrogen-bond donors (Lipinski definition) is 1. The molecular formula is C11H7N3O. The number of aromatic nitrogens is 3. The van der Waals surface area contributed by atoms with Gasteiger partial charge in [-0.15, -0.1) is 5.10 Å². The molecule has 0 bridgehead atoms. The van der Waals surface area contributed by atoms with Crippen LogP contribution in [0.2, 0.25) is 0 Å². The van der Waals surface area contributed by atoms with Gasteiger partial charge >= 0.3 is 0 Å². The lowest BCUT2D eigenvalue weighted by Gasteiger charge is -1.98. The first-order valence-corrected chi connectivity index (χ1v) is 4.58. The van der Waals surface area contributed by atoms with Crippen molar-refractivity contribution in [1.82, 2.24) is 15.4 Å². The van der Waals surface area contributed by atoms with Gasteiger partial charge in [-0.1, -0.05) is 29.5 Å². The predicted octanol–water partition coefficient (Wildman–Crippen LogP) is 1.47. The highest BCUT2D eigenvalue weighted by atomic mass is 16.1. The molecule has 0 fully saturated rings. The van der Waals surface area contributed by atoms with Crippen LogP contribution in [0.25, 0.3) is 21.7 Å². The average molecular weight is 197 g/mol. The molecule has 3 rings (SSSR count). The van der Waals surface area contributed by atoms with Gasteiger partial charge in [0.25, 0.3) is 5.56 Å². The van der Waals surface area contributed by atoms with Crippen molar-refractivity contribution in [2.45, 2.75) is 0 Å². The summed E-state index contributed by atoms with van der Waals surface area (Å²) in [7, 11) is 0. The number of nitrogens with one attached hydrogen (secondary N) is 1. The lowest BCUT2D eigenvalue weighted by Crippen LogP contribution is -2.09. The normalized spacial score (nSPS) is 10.9. The third-order valence-corrected chi connectivity index (χ3v) is 2.42. The predicted molar refractivity (Wildman–Crippen MR) is 57.7 cm³/mol. The summed E-state index contributed by atoms with van der Waals surface area (Å²) in [4.78, 5) is 11.5. The molecule has 15 heavy (non-hydrogen) atoms. The molecular weight excluding hydrogens is 190 g/mol. The van der Waals surface area contributed by atoms with Crippen LogP contribution in [0.5, 0.6) is 0 Å². The Kier molecular flexibility index (Phi) is 1.56. The molecule has 3 aromatic rings. The van der Waals surface area contributed by atoms with Crippen LogP contribution in [0, 0.1) is 0 Å². The van der Waals surface area contributed by atoms with Gasteiger partial charge in [-0.3, -0.25) is 4.79 Å². The van der Waals surface area contributed by atoms with Crippen LogP contribution >= 0.6 is 0 Å². The van der Waals surface area contributed by atoms with Gasteiger partial charge in [-0.2, -0.15) is 0 Å². The molecule has 1 heterocycles. The van der Waals surface area contributed by atoms with E-state index in [0.717, 1.165) is 10.8 Å². The Bertz CT molecular complexity index is 703. The Hall–Kier alpha value is -2.23. The van der Waals surface area contributed by atoms with Crippen molar-refractivity contribution in [3.05, 3.63) is 46.8 Å². The molecule has 0 amide bonds. The second kappa shape index (κ2) is 2.88. The van der Waals surface area contributed by atoms with Crippen LogP contribution in [0.3, 0.4) is 0 Å². The zero-order valence-corrected chi connectivity index (χ0v) is 7.77. The zero-order valence-electron chi connectivity index (χ0n) is 7.77. The lowest BCUT2D eigenvalue weighted by molar-refractivity contribution is 0.873. The lowest BCUT2D eigenvalue weighted by atomic mass is 10.1. The van der Waals surface area contributed by atoms with Crippen molar-refractivity contribution in [2.75, 3.05) is 0 Å². The smallest absolute Gasteiger partial charge is 0.267 e. The Balaban J connectivity index is 2.59. The van der Waals surface area contributed by atoms with Gasteiger partial charge in [0, 0.05) is 0 Å². The number of nitrogens with zero attached hydrogens (tertiary/aromatic N) is 2. The van der Waals surface area contributed by atoms with Crippen molar-refractivity contribution < 1.29 is 0 Å². The van der Waals surface area contributed by atoms with E-state index >= 15 is 0 Å². The van der Waals surface area contributed by atoms with E-state index in [1.54, 1.807) is 0 Å². The van der Waals surface area contributed by atoms with Gasteiger partial charge in [0.2, 0.25) is 0 Å². The minimum atomic E-state index is -0.203. The largest absolute Gasteiger partial charge is 0.275 e. The van der Waals surface area contributed by atoms with Crippen molar-refractivity contribution in [1.29, 1.82) is 0 Å². The third kappa shape index (κ3) is 1.19. The van der Waals surface area contributed by atoms with E-state index in [2.05, 4.69) is 15.4 Å². The van der Waals surface area contributed by atoms with Gasteiger partial charge in [0.05, 0.1) is 5.39 Å². The van der Waals surface area contributed by atoms with Crippen molar-refractivity contribution in [2.24, 2.45) is 0 Å². The number of H-pyrrole nitrogens is 1. The number of aromatic amines is 1. The van der Waals surface area contributed by atoms with E-state index in [-0.39, 0.29) is 5.56 Å². The van der Waals surface area contributed by atoms with Crippen molar-refractivity contribution in [3.63, 3.8) is 0 Å². The van der Waals surface area contributed by atoms with E-state index in [1.807, 2.05) is 36.4 Å². The number of hydrogen-bond acceptors (Lipinski definition) is 3. The van der Waals surface area contributed by atoms with Crippen LogP contribution < -0.4 is 5.56 Å². The first-order chi connectivity index (χ1) is 7.34. The Labute approximate surface area is 84.6 Å². The van der Waals surface area contributed by atoms with Gasteiger partial charge in [-0.25, -0.2) is 5.10 Å². The fraction of sp³-hybridized carbons (Fsp3) is 0. The quantitative estimate of drug-likeness (QED) is 0.555. The Morgan fingerprint density at radius 3 is 2.60 bits per heavy atom. The molecule has 0 unspecified atom stereocenters. The highest BCUT2D eigenvalue weighted by Gasteiger charge is 2.01. The fourth-order valence-corrected chi connectivity index (χ4v) is 1.68. The van der Waals surface area contributed by atoms with Gasteiger partial charge in [0.15, 0.2) is 0 Å². The standard InChI is InChI=1S/C11H7N3O/c15-11-9-5-7-3-1-2-4-8(7)6-10(9)12-14-13-11/h1-6H,(H,12,13,15). The van der Waals surface area contributed by atoms with E-state index < -0.39 is 0 Å². The summed E-state index contributed by atoms with van der Waals surface area (Å²) < 4.78 is 0. The van der Waals surface area contributed by atoms with Crippen LogP contribution in [0.1, 0.15) is 0 Å². The van der Waals surface area contributed by atoms with Crippen LogP contribution in [0.15, 0.2) is 41.2 Å². The second-order valence-electron chi connectivity index (χ2n) is 3.36. The minimum absolute atomic E-state index is 0.203. The van der Waals surface area contributed by atoms with E-state index in [1.165, 1.54) is 0 Å². The summed E-state index contributed by atoms with van der Waals surface area (Å²) in [6.45, 7) is 0. The topological polar surface area (TPSA) is 58.6 Å². The summed E-state index contributed by atoms with van der Waals surface area (Å²) >= 11 is 0. The molecule has 1 aromatic heterocycles. The fourth-order valence-electron chi connectivity index (χ4n) is 1.68. The van der Waals surface area contributed by atoms with Crippen LogP contribution in [-0.2, 0) is 0 Å². The summed E-state index contributed by atoms with van der Waals surface area (Å²) in [6, 6.07) is 11.5. The average Bonchev–Trinajstić information content (AvgIpc) is 2.27. The molecule has 0 atom stereocenters. The monoisotopic (exact) mass is 197 g/mol. The third-order valence-electron chi connectivity index (χ3n) is 2.42. The van der Waals surface area contributed by atoms with E-state index in [9.17, 15) is 4.79 Å². The summed E-state index contributed by atoms with van der Waals surface area (Å²) in [5.41, 5.74) is 0.420. The first kappa shape index (κ1) is 8.11. The molecule has 4 nitrogen and oxygen atoms in total. The maximum atomic E-state index is 11.5. The van der Waals surface area contributed by atoms with Gasteiger partial charge in [0.1, 0.15) is 5.52 Å². The number of fused-ring (bicyclic) bond motifs is 2. The van der Waals surface area contributed by atoms with E-state index in [4.69, 9.17) is 0 Å². The maximum absolute atomic E-state index is 11.5. The van der Waals surface area contributed by atoms with Crippen LogP contribution in [-0.4, -0.2) is 15.4 Å². The maximum Gasteiger partial charge on any atom is 0.275 e. The molecule has 1 N–H and O–H groups in total. The highest BCUT2D eigenvalue weighted by molar-refractivity contribution is 5.95. The second-order valence-corrected chi connectivity index (χ2v) is 3.36. The molecule has 0 aliphatic heterocycles. The number of rotatable bonds is 0. The Morgan fingerprint density at radius 2 is 1.80 bits per heavy atom. The van der Waals surface area contributed by atoms with Crippen molar-refractivity contribution in [3.8, 4) is 0 Å². The zero-order chi connectivity index (χ0) is 10.3. The minimum Gasteiger partial charge on any atom is -0.267 e. The molecule has 0 aliphatic rings.